The number of nitrogens with zero attached hydrogens (tertiary/aromatic N) is 2. The van der Waals surface area contributed by atoms with E-state index < -0.39 is 0 Å². The summed E-state index contributed by atoms with van der Waals surface area (Å²) in [5.41, 5.74) is 4.06. The molecule has 25 heavy (non-hydrogen) atoms. The molecule has 4 rings (SSSR count). The second-order valence-electron chi connectivity index (χ2n) is 5.76. The maximum Gasteiger partial charge on any atom is 0.170 e. The minimum atomic E-state index is 0.704. The maximum absolute atomic E-state index is 5.62. The Hall–Kier alpha value is -2.47. The van der Waals surface area contributed by atoms with E-state index in [9.17, 15) is 0 Å². The van der Waals surface area contributed by atoms with Crippen LogP contribution in [-0.4, -0.2) is 30.5 Å². The van der Waals surface area contributed by atoms with Crippen LogP contribution >= 0.6 is 15.9 Å². The Labute approximate surface area is 154 Å². The van der Waals surface area contributed by atoms with Gasteiger partial charge in [-0.1, -0.05) is 18.2 Å². The molecule has 0 aliphatic carbocycles. The summed E-state index contributed by atoms with van der Waals surface area (Å²) in [5.74, 6) is 2.44. The van der Waals surface area contributed by atoms with Crippen molar-refractivity contribution in [2.75, 3.05) is 26.1 Å². The van der Waals surface area contributed by atoms with Gasteiger partial charge in [0, 0.05) is 22.1 Å². The highest BCUT2D eigenvalue weighted by Crippen LogP contribution is 2.42. The first-order valence-corrected chi connectivity index (χ1v) is 8.86. The van der Waals surface area contributed by atoms with Gasteiger partial charge >= 0.3 is 0 Å². The number of nitrogens with one attached hydrogen (secondary N) is 1. The van der Waals surface area contributed by atoms with Crippen molar-refractivity contribution in [3.05, 3.63) is 52.5 Å². The lowest BCUT2D eigenvalue weighted by molar-refractivity contribution is 0.356. The molecule has 1 aliphatic rings. The Morgan fingerprint density at radius 1 is 1.08 bits per heavy atom. The molecule has 0 fully saturated rings. The molecule has 0 atom stereocenters. The van der Waals surface area contributed by atoms with Gasteiger partial charge in [-0.05, 0) is 46.6 Å². The predicted molar refractivity (Wildman–Crippen MR) is 102 cm³/mol. The number of aromatic nitrogens is 2. The Bertz CT molecular complexity index is 936. The number of ether oxygens (including phenoxy) is 2. The van der Waals surface area contributed by atoms with Crippen molar-refractivity contribution >= 4 is 21.7 Å². The number of methoxy groups -OCH3 is 2. The van der Waals surface area contributed by atoms with Crippen molar-refractivity contribution in [2.24, 2.45) is 0 Å². The summed E-state index contributed by atoms with van der Waals surface area (Å²) in [6.07, 6.45) is 0.926. The molecule has 1 aliphatic heterocycles. The number of anilines is 1. The molecule has 0 saturated heterocycles. The molecule has 0 unspecified atom stereocenters. The van der Waals surface area contributed by atoms with Gasteiger partial charge in [0.25, 0.3) is 0 Å². The van der Waals surface area contributed by atoms with Crippen LogP contribution in [0, 0.1) is 0 Å². The zero-order valence-electron chi connectivity index (χ0n) is 14.0. The second kappa shape index (κ2) is 6.44. The molecule has 0 bridgehead atoms. The summed E-state index contributed by atoms with van der Waals surface area (Å²) < 4.78 is 14.0. The van der Waals surface area contributed by atoms with E-state index in [0.29, 0.717) is 11.5 Å². The Kier molecular flexibility index (Phi) is 4.13. The zero-order valence-corrected chi connectivity index (χ0v) is 15.6. The Morgan fingerprint density at radius 3 is 2.68 bits per heavy atom. The van der Waals surface area contributed by atoms with Gasteiger partial charge in [-0.15, -0.1) is 0 Å². The minimum Gasteiger partial charge on any atom is -0.493 e. The molecule has 2 aromatic carbocycles. The number of halogens is 1. The fourth-order valence-electron chi connectivity index (χ4n) is 3.26. The molecule has 1 aromatic heterocycles. The van der Waals surface area contributed by atoms with Gasteiger partial charge in [-0.3, -0.25) is 0 Å². The monoisotopic (exact) mass is 399 g/mol. The first-order valence-electron chi connectivity index (χ1n) is 8.06. The van der Waals surface area contributed by atoms with Crippen LogP contribution in [0.15, 0.2) is 46.9 Å². The summed E-state index contributed by atoms with van der Waals surface area (Å²) >= 11 is 3.62. The summed E-state index contributed by atoms with van der Waals surface area (Å²) in [7, 11) is 3.30. The first kappa shape index (κ1) is 16.0. The van der Waals surface area contributed by atoms with Crippen molar-refractivity contribution in [2.45, 2.75) is 6.42 Å². The van der Waals surface area contributed by atoms with Crippen LogP contribution in [-0.2, 0) is 6.42 Å². The standard InChI is InChI=1S/C19H18BrN3O2/c1-24-16-9-5-6-12(18(16)25-2)17-13-10-11-21-19(13)23(22-17)15-8-4-3-7-14(15)20/h3-9,21H,10-11H2,1-2H3. The molecule has 0 spiro atoms. The van der Waals surface area contributed by atoms with Crippen LogP contribution < -0.4 is 14.8 Å². The predicted octanol–water partition coefficient (Wildman–Crippen LogP) is 4.29. The van der Waals surface area contributed by atoms with Crippen LogP contribution in [0.3, 0.4) is 0 Å². The molecular formula is C19H18BrN3O2. The lowest BCUT2D eigenvalue weighted by Gasteiger charge is -2.12. The van der Waals surface area contributed by atoms with Gasteiger partial charge in [0.2, 0.25) is 0 Å². The van der Waals surface area contributed by atoms with Crippen molar-refractivity contribution < 1.29 is 9.47 Å². The quantitative estimate of drug-likeness (QED) is 0.710. The van der Waals surface area contributed by atoms with Crippen molar-refractivity contribution in [3.63, 3.8) is 0 Å². The van der Waals surface area contributed by atoms with Gasteiger partial charge in [-0.2, -0.15) is 5.10 Å². The largest absolute Gasteiger partial charge is 0.493 e. The number of hydrogen-bond acceptors (Lipinski definition) is 4. The first-order chi connectivity index (χ1) is 12.2. The maximum atomic E-state index is 5.62. The summed E-state index contributed by atoms with van der Waals surface area (Å²) in [6, 6.07) is 13.9. The minimum absolute atomic E-state index is 0.704. The summed E-state index contributed by atoms with van der Waals surface area (Å²) in [6.45, 7) is 0.900. The smallest absolute Gasteiger partial charge is 0.170 e. The van der Waals surface area contributed by atoms with E-state index in [-0.39, 0.29) is 0 Å². The normalized spacial score (nSPS) is 12.6. The summed E-state index contributed by atoms with van der Waals surface area (Å²) in [5, 5.41) is 8.36. The lowest BCUT2D eigenvalue weighted by atomic mass is 10.1. The van der Waals surface area contributed by atoms with Crippen molar-refractivity contribution in [1.82, 2.24) is 9.78 Å². The van der Waals surface area contributed by atoms with Crippen LogP contribution in [0.1, 0.15) is 5.56 Å². The zero-order chi connectivity index (χ0) is 17.4. The fraction of sp³-hybridized carbons (Fsp3) is 0.211. The third-order valence-corrected chi connectivity index (χ3v) is 5.06. The lowest BCUT2D eigenvalue weighted by Crippen LogP contribution is -2.05. The van der Waals surface area contributed by atoms with E-state index in [1.54, 1.807) is 14.2 Å². The molecule has 5 nitrogen and oxygen atoms in total. The molecule has 0 amide bonds. The fourth-order valence-corrected chi connectivity index (χ4v) is 3.72. The van der Waals surface area contributed by atoms with Gasteiger partial charge < -0.3 is 14.8 Å². The highest BCUT2D eigenvalue weighted by atomic mass is 79.9. The molecular weight excluding hydrogens is 382 g/mol. The van der Waals surface area contributed by atoms with E-state index in [0.717, 1.165) is 40.2 Å². The van der Waals surface area contributed by atoms with E-state index in [1.807, 2.05) is 47.1 Å². The van der Waals surface area contributed by atoms with Crippen LogP contribution in [0.5, 0.6) is 11.5 Å². The van der Waals surface area contributed by atoms with Gasteiger partial charge in [0.15, 0.2) is 11.5 Å². The number of hydrogen-bond donors (Lipinski definition) is 1. The average molecular weight is 400 g/mol. The third kappa shape index (κ3) is 2.57. The molecule has 0 saturated carbocycles. The molecule has 3 aromatic rings. The van der Waals surface area contributed by atoms with Gasteiger partial charge in [-0.25, -0.2) is 4.68 Å². The molecule has 128 valence electrons. The second-order valence-corrected chi connectivity index (χ2v) is 6.61. The molecule has 0 radical (unpaired) electrons. The average Bonchev–Trinajstić information content (AvgIpc) is 3.24. The van der Waals surface area contributed by atoms with E-state index in [2.05, 4.69) is 21.2 Å². The topological polar surface area (TPSA) is 48.3 Å². The van der Waals surface area contributed by atoms with Crippen LogP contribution in [0.25, 0.3) is 16.9 Å². The number of benzene rings is 2. The Morgan fingerprint density at radius 2 is 1.92 bits per heavy atom. The van der Waals surface area contributed by atoms with Gasteiger partial charge in [0.1, 0.15) is 11.5 Å². The van der Waals surface area contributed by atoms with Crippen molar-refractivity contribution in [1.29, 1.82) is 0 Å². The third-order valence-electron chi connectivity index (χ3n) is 4.39. The molecule has 6 heteroatoms. The van der Waals surface area contributed by atoms with E-state index in [1.165, 1.54) is 5.56 Å². The van der Waals surface area contributed by atoms with Crippen molar-refractivity contribution in [3.8, 4) is 28.4 Å². The number of para-hydroxylation sites is 2. The van der Waals surface area contributed by atoms with E-state index in [4.69, 9.17) is 14.6 Å². The van der Waals surface area contributed by atoms with Crippen LogP contribution in [0.4, 0.5) is 5.82 Å². The highest BCUT2D eigenvalue weighted by Gasteiger charge is 2.27. The van der Waals surface area contributed by atoms with Gasteiger partial charge in [0.05, 0.1) is 19.9 Å². The summed E-state index contributed by atoms with van der Waals surface area (Å²) in [4.78, 5) is 0. The van der Waals surface area contributed by atoms with E-state index >= 15 is 0 Å². The molecule has 2 heterocycles. The van der Waals surface area contributed by atoms with Crippen LogP contribution in [0.2, 0.25) is 0 Å². The highest BCUT2D eigenvalue weighted by molar-refractivity contribution is 9.10. The molecule has 1 N–H and O–H groups in total. The SMILES string of the molecule is COc1cccc(-c2nn(-c3ccccc3Br)c3c2CCN3)c1OC. The number of fused-ring (bicyclic) bond motifs is 1. The number of rotatable bonds is 4. The Balaban J connectivity index is 1.94.